The van der Waals surface area contributed by atoms with Gasteiger partial charge in [-0.05, 0) is 38.5 Å². The van der Waals surface area contributed by atoms with Gasteiger partial charge in [0.1, 0.15) is 0 Å². The van der Waals surface area contributed by atoms with Gasteiger partial charge in [0.15, 0.2) is 0 Å². The van der Waals surface area contributed by atoms with E-state index in [4.69, 9.17) is 4.74 Å². The molecule has 1 aliphatic heterocycles. The second-order valence-corrected chi connectivity index (χ2v) is 6.61. The van der Waals surface area contributed by atoms with E-state index in [1.807, 2.05) is 7.11 Å². The van der Waals surface area contributed by atoms with Gasteiger partial charge in [-0.1, -0.05) is 13.8 Å². The highest BCUT2D eigenvalue weighted by molar-refractivity contribution is 4.92. The molecule has 3 nitrogen and oxygen atoms in total. The first-order valence-corrected chi connectivity index (χ1v) is 7.62. The van der Waals surface area contributed by atoms with Gasteiger partial charge >= 0.3 is 0 Å². The van der Waals surface area contributed by atoms with Gasteiger partial charge in [0.05, 0.1) is 6.10 Å². The summed E-state index contributed by atoms with van der Waals surface area (Å²) in [7, 11) is 1.86. The van der Waals surface area contributed by atoms with Crippen LogP contribution in [-0.4, -0.2) is 49.3 Å². The van der Waals surface area contributed by atoms with Crippen LogP contribution in [0.2, 0.25) is 0 Å². The van der Waals surface area contributed by atoms with Crippen molar-refractivity contribution in [1.82, 2.24) is 10.2 Å². The molecule has 2 rings (SSSR count). The van der Waals surface area contributed by atoms with Crippen LogP contribution in [0.4, 0.5) is 0 Å². The van der Waals surface area contributed by atoms with E-state index in [1.54, 1.807) is 0 Å². The maximum Gasteiger partial charge on any atom is 0.0586 e. The number of hydrogen-bond acceptors (Lipinski definition) is 3. The fourth-order valence-corrected chi connectivity index (χ4v) is 3.62. The van der Waals surface area contributed by atoms with Gasteiger partial charge in [0, 0.05) is 38.3 Å². The van der Waals surface area contributed by atoms with E-state index in [0.29, 0.717) is 18.2 Å². The second-order valence-electron chi connectivity index (χ2n) is 6.61. The van der Waals surface area contributed by atoms with Crippen molar-refractivity contribution in [3.63, 3.8) is 0 Å². The molecule has 1 N–H and O–H groups in total. The van der Waals surface area contributed by atoms with Crippen LogP contribution in [-0.2, 0) is 4.74 Å². The molecule has 4 atom stereocenters. The first-order chi connectivity index (χ1) is 8.60. The molecule has 1 saturated heterocycles. The fraction of sp³-hybridized carbons (Fsp3) is 1.00. The Balaban J connectivity index is 1.89. The van der Waals surface area contributed by atoms with Crippen molar-refractivity contribution in [3.05, 3.63) is 0 Å². The van der Waals surface area contributed by atoms with Crippen LogP contribution in [0.1, 0.15) is 46.5 Å². The predicted octanol–water partition coefficient (Wildman–Crippen LogP) is 2.26. The summed E-state index contributed by atoms with van der Waals surface area (Å²) in [5.74, 6) is 0.785. The zero-order valence-corrected chi connectivity index (χ0v) is 12.5. The Kier molecular flexibility index (Phi) is 5.05. The van der Waals surface area contributed by atoms with E-state index >= 15 is 0 Å². The highest BCUT2D eigenvalue weighted by Crippen LogP contribution is 2.29. The van der Waals surface area contributed by atoms with Crippen molar-refractivity contribution < 1.29 is 4.74 Å². The zero-order chi connectivity index (χ0) is 13.1. The van der Waals surface area contributed by atoms with Crippen LogP contribution in [0.15, 0.2) is 0 Å². The fourth-order valence-electron chi connectivity index (χ4n) is 3.62. The molecule has 0 radical (unpaired) electrons. The Morgan fingerprint density at radius 3 is 2.72 bits per heavy atom. The number of rotatable bonds is 4. The molecule has 1 heterocycles. The molecule has 1 saturated carbocycles. The first-order valence-electron chi connectivity index (χ1n) is 7.62. The molecule has 0 aromatic heterocycles. The van der Waals surface area contributed by atoms with E-state index in [1.165, 1.54) is 32.2 Å². The molecule has 2 fully saturated rings. The van der Waals surface area contributed by atoms with E-state index < -0.39 is 0 Å². The number of piperazine rings is 1. The summed E-state index contributed by atoms with van der Waals surface area (Å²) in [6.07, 6.45) is 5.59. The lowest BCUT2D eigenvalue weighted by atomic mass is 9.98. The summed E-state index contributed by atoms with van der Waals surface area (Å²) < 4.78 is 5.52. The summed E-state index contributed by atoms with van der Waals surface area (Å²) in [5, 5.41) is 3.71. The summed E-state index contributed by atoms with van der Waals surface area (Å²) in [4.78, 5) is 2.74. The number of methoxy groups -OCH3 is 1. The molecule has 0 aromatic carbocycles. The summed E-state index contributed by atoms with van der Waals surface area (Å²) in [5.41, 5.74) is 0. The SMILES string of the molecule is COC1CCC(N2CC(CC(C)C)NCC2C)C1. The van der Waals surface area contributed by atoms with Gasteiger partial charge in [0.2, 0.25) is 0 Å². The minimum Gasteiger partial charge on any atom is -0.381 e. The van der Waals surface area contributed by atoms with Gasteiger partial charge in [0.25, 0.3) is 0 Å². The summed E-state index contributed by atoms with van der Waals surface area (Å²) >= 11 is 0. The van der Waals surface area contributed by atoms with Crippen molar-refractivity contribution in [2.24, 2.45) is 5.92 Å². The lowest BCUT2D eigenvalue weighted by Crippen LogP contribution is -2.58. The number of nitrogens with zero attached hydrogens (tertiary/aromatic N) is 1. The number of nitrogens with one attached hydrogen (secondary N) is 1. The summed E-state index contributed by atoms with van der Waals surface area (Å²) in [6.45, 7) is 9.37. The molecule has 0 amide bonds. The highest BCUT2D eigenvalue weighted by Gasteiger charge is 2.35. The maximum absolute atomic E-state index is 5.52. The smallest absolute Gasteiger partial charge is 0.0586 e. The van der Waals surface area contributed by atoms with Gasteiger partial charge < -0.3 is 10.1 Å². The van der Waals surface area contributed by atoms with Crippen molar-refractivity contribution >= 4 is 0 Å². The van der Waals surface area contributed by atoms with Crippen LogP contribution in [0.3, 0.4) is 0 Å². The molecule has 18 heavy (non-hydrogen) atoms. The molecular formula is C15H30N2O. The molecule has 0 spiro atoms. The Labute approximate surface area is 112 Å². The third kappa shape index (κ3) is 3.46. The lowest BCUT2D eigenvalue weighted by Gasteiger charge is -2.43. The number of hydrogen-bond donors (Lipinski definition) is 1. The minimum absolute atomic E-state index is 0.501. The average molecular weight is 254 g/mol. The Morgan fingerprint density at radius 1 is 1.33 bits per heavy atom. The predicted molar refractivity (Wildman–Crippen MR) is 75.8 cm³/mol. The number of ether oxygens (including phenoxy) is 1. The average Bonchev–Trinajstić information content (AvgIpc) is 2.79. The van der Waals surface area contributed by atoms with Crippen LogP contribution in [0.5, 0.6) is 0 Å². The van der Waals surface area contributed by atoms with Gasteiger partial charge in [-0.3, -0.25) is 4.90 Å². The highest BCUT2D eigenvalue weighted by atomic mass is 16.5. The van der Waals surface area contributed by atoms with Crippen LogP contribution in [0, 0.1) is 5.92 Å². The topological polar surface area (TPSA) is 24.5 Å². The molecule has 0 bridgehead atoms. The normalized spacial score (nSPS) is 38.5. The van der Waals surface area contributed by atoms with E-state index in [9.17, 15) is 0 Å². The van der Waals surface area contributed by atoms with E-state index in [0.717, 1.165) is 18.5 Å². The van der Waals surface area contributed by atoms with Gasteiger partial charge in [-0.2, -0.15) is 0 Å². The van der Waals surface area contributed by atoms with Crippen molar-refractivity contribution in [2.45, 2.75) is 70.7 Å². The molecule has 2 aliphatic rings. The van der Waals surface area contributed by atoms with Crippen LogP contribution in [0.25, 0.3) is 0 Å². The molecule has 1 aliphatic carbocycles. The lowest BCUT2D eigenvalue weighted by molar-refractivity contribution is 0.0654. The first kappa shape index (κ1) is 14.3. The van der Waals surface area contributed by atoms with Crippen molar-refractivity contribution in [3.8, 4) is 0 Å². The Bertz CT molecular complexity index is 257. The maximum atomic E-state index is 5.52. The van der Waals surface area contributed by atoms with E-state index in [2.05, 4.69) is 31.0 Å². The Morgan fingerprint density at radius 2 is 2.11 bits per heavy atom. The monoisotopic (exact) mass is 254 g/mol. The summed E-state index contributed by atoms with van der Waals surface area (Å²) in [6, 6.07) is 2.11. The third-order valence-electron chi connectivity index (χ3n) is 4.61. The molecular weight excluding hydrogens is 224 g/mol. The van der Waals surface area contributed by atoms with E-state index in [-0.39, 0.29) is 0 Å². The zero-order valence-electron chi connectivity index (χ0n) is 12.5. The van der Waals surface area contributed by atoms with Gasteiger partial charge in [-0.25, -0.2) is 0 Å². The minimum atomic E-state index is 0.501. The third-order valence-corrected chi connectivity index (χ3v) is 4.61. The quantitative estimate of drug-likeness (QED) is 0.833. The molecule has 106 valence electrons. The van der Waals surface area contributed by atoms with Crippen LogP contribution >= 0.6 is 0 Å². The standard InChI is InChI=1S/C15H30N2O/c1-11(2)7-13-10-17(12(3)9-16-13)14-5-6-15(8-14)18-4/h11-16H,5-10H2,1-4H3. The largest absolute Gasteiger partial charge is 0.381 e. The van der Waals surface area contributed by atoms with Crippen molar-refractivity contribution in [1.29, 1.82) is 0 Å². The molecule has 3 heteroatoms. The second kappa shape index (κ2) is 6.36. The van der Waals surface area contributed by atoms with Crippen LogP contribution < -0.4 is 5.32 Å². The van der Waals surface area contributed by atoms with Crippen molar-refractivity contribution in [2.75, 3.05) is 20.2 Å². The molecule has 4 unspecified atom stereocenters. The van der Waals surface area contributed by atoms with Gasteiger partial charge in [-0.15, -0.1) is 0 Å². The Hall–Kier alpha value is -0.120. The molecule has 0 aromatic rings.